The molecule has 110 valence electrons. The summed E-state index contributed by atoms with van der Waals surface area (Å²) in [5.41, 5.74) is -1.01. The van der Waals surface area contributed by atoms with Crippen molar-refractivity contribution in [1.82, 2.24) is 0 Å². The lowest BCUT2D eigenvalue weighted by atomic mass is 10.00. The fourth-order valence-corrected chi connectivity index (χ4v) is 4.80. The fourth-order valence-electron chi connectivity index (χ4n) is 2.90. The van der Waals surface area contributed by atoms with Gasteiger partial charge in [0.1, 0.15) is 11.2 Å². The van der Waals surface area contributed by atoms with Crippen LogP contribution >= 0.6 is 0 Å². The minimum absolute atomic E-state index is 0.206. The largest absolute Gasteiger partial charge is 0.481 e. The molecule has 0 saturated heterocycles. The minimum atomic E-state index is -3.57. The summed E-state index contributed by atoms with van der Waals surface area (Å²) in [6.07, 6.45) is 1.01. The zero-order valence-corrected chi connectivity index (χ0v) is 11.9. The molecular weight excluding hydrogens is 287 g/mol. The van der Waals surface area contributed by atoms with E-state index >= 15 is 0 Å². The molecule has 0 radical (unpaired) electrons. The second kappa shape index (κ2) is 4.82. The van der Waals surface area contributed by atoms with Crippen molar-refractivity contribution in [3.05, 3.63) is 35.6 Å². The molecule has 0 amide bonds. The van der Waals surface area contributed by atoms with Gasteiger partial charge in [0.25, 0.3) is 0 Å². The van der Waals surface area contributed by atoms with Crippen LogP contribution in [-0.2, 0) is 19.4 Å². The molecule has 1 aliphatic carbocycles. The highest BCUT2D eigenvalue weighted by Crippen LogP contribution is 2.63. The van der Waals surface area contributed by atoms with E-state index in [9.17, 15) is 22.7 Å². The van der Waals surface area contributed by atoms with Crippen LogP contribution < -0.4 is 0 Å². The normalized spacial score (nSPS) is 29.1. The van der Waals surface area contributed by atoms with Crippen molar-refractivity contribution >= 4 is 15.8 Å². The molecule has 0 heterocycles. The van der Waals surface area contributed by atoms with E-state index < -0.39 is 38.2 Å². The van der Waals surface area contributed by atoms with Crippen LogP contribution in [0.15, 0.2) is 24.3 Å². The molecule has 0 aromatic heterocycles. The van der Waals surface area contributed by atoms with Gasteiger partial charge in [0.15, 0.2) is 9.84 Å². The summed E-state index contributed by atoms with van der Waals surface area (Å²) in [4.78, 5) is 11.6. The van der Waals surface area contributed by atoms with Crippen molar-refractivity contribution in [3.8, 4) is 0 Å². The van der Waals surface area contributed by atoms with Gasteiger partial charge in [0, 0.05) is 19.3 Å². The second-order valence-corrected chi connectivity index (χ2v) is 7.22. The maximum Gasteiger partial charge on any atom is 0.314 e. The molecule has 20 heavy (non-hydrogen) atoms. The van der Waals surface area contributed by atoms with Crippen molar-refractivity contribution in [3.63, 3.8) is 0 Å². The summed E-state index contributed by atoms with van der Waals surface area (Å²) in [6.45, 7) is -0.206. The maximum atomic E-state index is 12.9. The Morgan fingerprint density at radius 1 is 1.40 bits per heavy atom. The highest BCUT2D eigenvalue weighted by molar-refractivity contribution is 7.91. The van der Waals surface area contributed by atoms with Crippen LogP contribution in [-0.4, -0.2) is 44.7 Å². The Hall–Kier alpha value is -1.47. The minimum Gasteiger partial charge on any atom is -0.481 e. The Bertz CT molecular complexity index is 625. The molecule has 1 N–H and O–H groups in total. The first-order chi connectivity index (χ1) is 9.25. The van der Waals surface area contributed by atoms with E-state index in [1.807, 2.05) is 0 Å². The fraction of sp³-hybridized carbons (Fsp3) is 0.462. The topological polar surface area (TPSA) is 80.7 Å². The van der Waals surface area contributed by atoms with Gasteiger partial charge in [-0.2, -0.15) is 0 Å². The van der Waals surface area contributed by atoms with E-state index in [-0.39, 0.29) is 6.61 Å². The van der Waals surface area contributed by atoms with E-state index in [0.717, 1.165) is 6.26 Å². The second-order valence-electron chi connectivity index (χ2n) is 5.06. The van der Waals surface area contributed by atoms with Gasteiger partial charge in [0.05, 0.1) is 11.9 Å². The van der Waals surface area contributed by atoms with Gasteiger partial charge >= 0.3 is 5.97 Å². The van der Waals surface area contributed by atoms with E-state index in [0.29, 0.717) is 5.56 Å². The molecule has 3 atom stereocenters. The summed E-state index contributed by atoms with van der Waals surface area (Å²) >= 11 is 0. The van der Waals surface area contributed by atoms with Crippen LogP contribution in [0.1, 0.15) is 11.5 Å². The molecule has 1 aliphatic rings. The number of carboxylic acids is 1. The van der Waals surface area contributed by atoms with E-state index in [2.05, 4.69) is 0 Å². The van der Waals surface area contributed by atoms with Crippen LogP contribution in [0.5, 0.6) is 0 Å². The van der Waals surface area contributed by atoms with Crippen molar-refractivity contribution in [2.75, 3.05) is 20.0 Å². The maximum absolute atomic E-state index is 12.9. The summed E-state index contributed by atoms with van der Waals surface area (Å²) in [5.74, 6) is -2.40. The van der Waals surface area contributed by atoms with Gasteiger partial charge < -0.3 is 9.84 Å². The van der Waals surface area contributed by atoms with Gasteiger partial charge in [-0.3, -0.25) is 4.79 Å². The number of carbonyl (C=O) groups is 1. The summed E-state index contributed by atoms with van der Waals surface area (Å²) in [5, 5.41) is 8.38. The molecular formula is C13H15FO5S. The molecule has 1 fully saturated rings. The number of carboxylic acid groups (broad SMARTS) is 1. The Kier molecular flexibility index (Phi) is 3.60. The Morgan fingerprint density at radius 3 is 2.35 bits per heavy atom. The molecule has 1 aromatic rings. The number of methoxy groups -OCH3 is 1. The monoisotopic (exact) mass is 302 g/mol. The summed E-state index contributed by atoms with van der Waals surface area (Å²) in [6, 6.07) is 5.20. The first-order valence-electron chi connectivity index (χ1n) is 5.92. The molecule has 1 aromatic carbocycles. The van der Waals surface area contributed by atoms with E-state index in [1.54, 1.807) is 0 Å². The number of aliphatic carboxylic acids is 1. The number of benzene rings is 1. The zero-order chi connectivity index (χ0) is 15.1. The van der Waals surface area contributed by atoms with Crippen LogP contribution in [0.25, 0.3) is 0 Å². The van der Waals surface area contributed by atoms with Gasteiger partial charge in [-0.1, -0.05) is 12.1 Å². The number of hydrogen-bond donors (Lipinski definition) is 1. The lowest BCUT2D eigenvalue weighted by Gasteiger charge is -2.11. The quantitative estimate of drug-likeness (QED) is 0.879. The molecule has 1 saturated carbocycles. The first kappa shape index (κ1) is 14.9. The summed E-state index contributed by atoms with van der Waals surface area (Å²) in [7, 11) is -2.24. The summed E-state index contributed by atoms with van der Waals surface area (Å²) < 4.78 is 41.5. The van der Waals surface area contributed by atoms with Crippen LogP contribution in [0.2, 0.25) is 0 Å². The van der Waals surface area contributed by atoms with E-state index in [4.69, 9.17) is 4.74 Å². The van der Waals surface area contributed by atoms with Gasteiger partial charge in [0.2, 0.25) is 0 Å². The third-order valence-electron chi connectivity index (χ3n) is 3.73. The molecule has 0 bridgehead atoms. The van der Waals surface area contributed by atoms with Crippen molar-refractivity contribution in [2.24, 2.45) is 5.41 Å². The van der Waals surface area contributed by atoms with Crippen molar-refractivity contribution in [1.29, 1.82) is 0 Å². The zero-order valence-electron chi connectivity index (χ0n) is 11.0. The lowest BCUT2D eigenvalue weighted by Crippen LogP contribution is -2.28. The Labute approximate surface area is 116 Å². The van der Waals surface area contributed by atoms with Gasteiger partial charge in [-0.05, 0) is 17.7 Å². The number of sulfone groups is 1. The Morgan fingerprint density at radius 2 is 1.95 bits per heavy atom. The number of halogens is 1. The van der Waals surface area contributed by atoms with Gasteiger partial charge in [-0.15, -0.1) is 0 Å². The highest BCUT2D eigenvalue weighted by atomic mass is 32.2. The lowest BCUT2D eigenvalue weighted by molar-refractivity contribution is -0.145. The van der Waals surface area contributed by atoms with Crippen LogP contribution in [0.3, 0.4) is 0 Å². The smallest absolute Gasteiger partial charge is 0.314 e. The average molecular weight is 302 g/mol. The third kappa shape index (κ3) is 2.20. The van der Waals surface area contributed by atoms with Gasteiger partial charge in [-0.25, -0.2) is 12.8 Å². The van der Waals surface area contributed by atoms with Crippen LogP contribution in [0, 0.1) is 11.2 Å². The molecule has 0 aliphatic heterocycles. The van der Waals surface area contributed by atoms with Crippen LogP contribution in [0.4, 0.5) is 4.39 Å². The first-order valence-corrected chi connectivity index (χ1v) is 7.87. The number of ether oxygens (including phenoxy) is 1. The SMILES string of the molecule is COC[C@]1(C(=O)O)[C@H](c2ccc(F)cc2)[C@@H]1S(C)(=O)=O. The number of hydrogen-bond acceptors (Lipinski definition) is 4. The van der Waals surface area contributed by atoms with Crippen molar-refractivity contribution in [2.45, 2.75) is 11.2 Å². The highest BCUT2D eigenvalue weighted by Gasteiger charge is 2.74. The third-order valence-corrected chi connectivity index (χ3v) is 5.34. The molecule has 2 rings (SSSR count). The van der Waals surface area contributed by atoms with E-state index in [1.165, 1.54) is 31.4 Å². The molecule has 0 unspecified atom stereocenters. The molecule has 0 spiro atoms. The number of rotatable bonds is 5. The molecule has 5 nitrogen and oxygen atoms in total. The predicted octanol–water partition coefficient (Wildman–Crippen LogP) is 1.05. The predicted molar refractivity (Wildman–Crippen MR) is 69.7 cm³/mol. The average Bonchev–Trinajstić information content (AvgIpc) is 3.01. The molecule has 7 heteroatoms. The van der Waals surface area contributed by atoms with Crippen molar-refractivity contribution < 1.29 is 27.4 Å². The standard InChI is InChI=1S/C13H15FO5S/c1-19-7-13(12(15)16)10(11(13)20(2,17)18)8-3-5-9(14)6-4-8/h3-6,10-11H,7H2,1-2H3,(H,15,16)/t10-,11+,13+/m1/s1. The Balaban J connectivity index is 2.49.